The molecular weight excluding hydrogens is 264 g/mol. The van der Waals surface area contributed by atoms with Crippen molar-refractivity contribution in [1.29, 1.82) is 0 Å². The molecule has 0 bridgehead atoms. The molecule has 1 unspecified atom stereocenters. The van der Waals surface area contributed by atoms with Crippen molar-refractivity contribution < 1.29 is 0 Å². The van der Waals surface area contributed by atoms with Gasteiger partial charge in [0.15, 0.2) is 0 Å². The Morgan fingerprint density at radius 1 is 1.00 bits per heavy atom. The fourth-order valence-electron chi connectivity index (χ4n) is 3.80. The quantitative estimate of drug-likeness (QED) is 0.816. The van der Waals surface area contributed by atoms with Crippen LogP contribution >= 0.6 is 11.3 Å². The monoisotopic (exact) mass is 292 g/mol. The third kappa shape index (κ3) is 2.67. The van der Waals surface area contributed by atoms with Crippen molar-refractivity contribution in [3.8, 4) is 0 Å². The van der Waals surface area contributed by atoms with Crippen LogP contribution < -0.4 is 5.32 Å². The van der Waals surface area contributed by atoms with Gasteiger partial charge in [0.1, 0.15) is 5.01 Å². The van der Waals surface area contributed by atoms with Crippen LogP contribution in [0.4, 0.5) is 0 Å². The number of nitrogens with zero attached hydrogens (tertiary/aromatic N) is 1. The van der Waals surface area contributed by atoms with E-state index in [0.717, 1.165) is 0 Å². The molecule has 2 aliphatic rings. The summed E-state index contributed by atoms with van der Waals surface area (Å²) in [4.78, 5) is 6.64. The van der Waals surface area contributed by atoms with Gasteiger partial charge in [-0.15, -0.1) is 11.3 Å². The van der Waals surface area contributed by atoms with Crippen LogP contribution in [0.5, 0.6) is 0 Å². The van der Waals surface area contributed by atoms with Crippen molar-refractivity contribution in [3.05, 3.63) is 15.6 Å². The molecule has 1 saturated carbocycles. The summed E-state index contributed by atoms with van der Waals surface area (Å²) in [6.45, 7) is 4.84. The molecule has 20 heavy (non-hydrogen) atoms. The molecule has 0 amide bonds. The van der Waals surface area contributed by atoms with Gasteiger partial charge in [-0.25, -0.2) is 4.98 Å². The molecule has 1 fully saturated rings. The van der Waals surface area contributed by atoms with Crippen molar-refractivity contribution >= 4 is 11.3 Å². The fraction of sp³-hybridized carbons (Fsp3) is 0.824. The number of aromatic nitrogens is 1. The Balaban J connectivity index is 1.90. The van der Waals surface area contributed by atoms with Crippen molar-refractivity contribution in [3.63, 3.8) is 0 Å². The minimum Gasteiger partial charge on any atom is -0.308 e. The summed E-state index contributed by atoms with van der Waals surface area (Å²) < 4.78 is 0. The number of hydrogen-bond donors (Lipinski definition) is 1. The number of fused-ring (bicyclic) bond motifs is 1. The van der Waals surface area contributed by atoms with Crippen LogP contribution in [-0.2, 0) is 18.4 Å². The Hall–Kier alpha value is -0.410. The highest BCUT2D eigenvalue weighted by atomic mass is 32.1. The van der Waals surface area contributed by atoms with Crippen molar-refractivity contribution in [1.82, 2.24) is 10.3 Å². The lowest BCUT2D eigenvalue weighted by Crippen LogP contribution is -2.39. The summed E-state index contributed by atoms with van der Waals surface area (Å²) in [5, 5.41) is 5.05. The van der Waals surface area contributed by atoms with E-state index in [2.05, 4.69) is 26.2 Å². The van der Waals surface area contributed by atoms with Crippen molar-refractivity contribution in [2.45, 2.75) is 77.2 Å². The summed E-state index contributed by atoms with van der Waals surface area (Å²) in [6.07, 6.45) is 11.6. The van der Waals surface area contributed by atoms with Crippen molar-refractivity contribution in [2.75, 3.05) is 7.05 Å². The van der Waals surface area contributed by atoms with Gasteiger partial charge < -0.3 is 5.32 Å². The predicted octanol–water partition coefficient (Wildman–Crippen LogP) is 4.43. The Morgan fingerprint density at radius 2 is 1.80 bits per heavy atom. The van der Waals surface area contributed by atoms with E-state index in [1.165, 1.54) is 68.5 Å². The molecule has 0 saturated heterocycles. The lowest BCUT2D eigenvalue weighted by molar-refractivity contribution is 0.276. The summed E-state index contributed by atoms with van der Waals surface area (Å²) in [6, 6.07) is 0. The van der Waals surface area contributed by atoms with E-state index < -0.39 is 0 Å². The van der Waals surface area contributed by atoms with Crippen LogP contribution in [0.15, 0.2) is 0 Å². The molecule has 0 radical (unpaired) electrons. The summed E-state index contributed by atoms with van der Waals surface area (Å²) >= 11 is 2.00. The molecule has 3 rings (SSSR count). The van der Waals surface area contributed by atoms with E-state index in [1.807, 2.05) is 11.3 Å². The van der Waals surface area contributed by atoms with Gasteiger partial charge in [0.05, 0.1) is 11.2 Å². The minimum atomic E-state index is 0.149. The lowest BCUT2D eigenvalue weighted by atomic mass is 9.83. The average Bonchev–Trinajstić information content (AvgIpc) is 2.80. The fourth-order valence-corrected chi connectivity index (χ4v) is 5.20. The van der Waals surface area contributed by atoms with Gasteiger partial charge in [-0.1, -0.05) is 20.3 Å². The number of hydrogen-bond acceptors (Lipinski definition) is 3. The molecule has 1 aromatic rings. The lowest BCUT2D eigenvalue weighted by Gasteiger charge is -2.31. The second-order valence-corrected chi connectivity index (χ2v) is 8.53. The summed E-state index contributed by atoms with van der Waals surface area (Å²) in [7, 11) is 2.14. The maximum Gasteiger partial charge on any atom is 0.113 e. The first-order valence-corrected chi connectivity index (χ1v) is 9.04. The van der Waals surface area contributed by atoms with Gasteiger partial charge in [0, 0.05) is 4.88 Å². The van der Waals surface area contributed by atoms with Crippen LogP contribution in [0.25, 0.3) is 0 Å². The Labute approximate surface area is 127 Å². The van der Waals surface area contributed by atoms with Crippen LogP contribution in [-0.4, -0.2) is 12.0 Å². The van der Waals surface area contributed by atoms with E-state index in [4.69, 9.17) is 4.98 Å². The maximum atomic E-state index is 5.06. The van der Waals surface area contributed by atoms with Gasteiger partial charge in [0.2, 0.25) is 0 Å². The molecule has 1 heterocycles. The smallest absolute Gasteiger partial charge is 0.113 e. The van der Waals surface area contributed by atoms with E-state index in [-0.39, 0.29) is 5.54 Å². The normalized spacial score (nSPS) is 29.8. The molecule has 0 spiro atoms. The number of rotatable bonds is 2. The van der Waals surface area contributed by atoms with Crippen LogP contribution in [0.2, 0.25) is 0 Å². The second-order valence-electron chi connectivity index (χ2n) is 7.45. The standard InChI is InChI=1S/C17H28N2S/c1-16(2)9-6-10-17(18-3,12-11-16)15-19-13-7-4-5-8-14(13)20-15/h18H,4-12H2,1-3H3. The SMILES string of the molecule is CNC1(c2nc3c(s2)CCCC3)CCCC(C)(C)CC1. The molecule has 2 nitrogen and oxygen atoms in total. The first-order chi connectivity index (χ1) is 9.55. The average molecular weight is 292 g/mol. The second kappa shape index (κ2) is 5.42. The van der Waals surface area contributed by atoms with Crippen LogP contribution in [0, 0.1) is 5.41 Å². The van der Waals surface area contributed by atoms with Crippen LogP contribution in [0.1, 0.15) is 74.4 Å². The maximum absolute atomic E-state index is 5.06. The molecule has 1 atom stereocenters. The van der Waals surface area contributed by atoms with Gasteiger partial charge in [-0.05, 0) is 63.8 Å². The van der Waals surface area contributed by atoms with Crippen LogP contribution in [0.3, 0.4) is 0 Å². The Kier molecular flexibility index (Phi) is 3.93. The highest BCUT2D eigenvalue weighted by molar-refractivity contribution is 7.11. The highest BCUT2D eigenvalue weighted by Gasteiger charge is 2.38. The minimum absolute atomic E-state index is 0.149. The van der Waals surface area contributed by atoms with Gasteiger partial charge >= 0.3 is 0 Å². The molecule has 3 heteroatoms. The Bertz CT molecular complexity index is 454. The topological polar surface area (TPSA) is 24.9 Å². The third-order valence-electron chi connectivity index (χ3n) is 5.42. The number of aryl methyl sites for hydroxylation is 2. The molecule has 0 aliphatic heterocycles. The molecule has 1 N–H and O–H groups in total. The zero-order valence-electron chi connectivity index (χ0n) is 13.2. The first kappa shape index (κ1) is 14.5. The predicted molar refractivity (Wildman–Crippen MR) is 86.4 cm³/mol. The molecule has 2 aliphatic carbocycles. The van der Waals surface area contributed by atoms with E-state index in [9.17, 15) is 0 Å². The highest BCUT2D eigenvalue weighted by Crippen LogP contribution is 2.44. The Morgan fingerprint density at radius 3 is 2.55 bits per heavy atom. The van der Waals surface area contributed by atoms with Gasteiger partial charge in [0.25, 0.3) is 0 Å². The number of thiazole rings is 1. The van der Waals surface area contributed by atoms with E-state index in [1.54, 1.807) is 4.88 Å². The zero-order chi connectivity index (χ0) is 14.2. The molecule has 1 aromatic heterocycles. The first-order valence-electron chi connectivity index (χ1n) is 8.23. The largest absolute Gasteiger partial charge is 0.308 e. The summed E-state index contributed by atoms with van der Waals surface area (Å²) in [5.41, 5.74) is 2.06. The van der Waals surface area contributed by atoms with Gasteiger partial charge in [-0.2, -0.15) is 0 Å². The van der Waals surface area contributed by atoms with Crippen molar-refractivity contribution in [2.24, 2.45) is 5.41 Å². The molecule has 0 aromatic carbocycles. The number of nitrogens with one attached hydrogen (secondary N) is 1. The zero-order valence-corrected chi connectivity index (χ0v) is 14.0. The summed E-state index contributed by atoms with van der Waals surface area (Å²) in [5.74, 6) is 0. The van der Waals surface area contributed by atoms with E-state index in [0.29, 0.717) is 5.41 Å². The van der Waals surface area contributed by atoms with Gasteiger partial charge in [-0.3, -0.25) is 0 Å². The van der Waals surface area contributed by atoms with E-state index >= 15 is 0 Å². The third-order valence-corrected chi connectivity index (χ3v) is 6.78. The molecular formula is C17H28N2S. The molecule has 112 valence electrons.